The lowest BCUT2D eigenvalue weighted by Gasteiger charge is -2.13. The molecular formula is C16H19N3O4S. The summed E-state index contributed by atoms with van der Waals surface area (Å²) in [6, 6.07) is 5.28. The second-order valence-electron chi connectivity index (χ2n) is 6.63. The minimum atomic E-state index is -3.01. The van der Waals surface area contributed by atoms with Gasteiger partial charge in [-0.15, -0.1) is 0 Å². The number of sulfone groups is 1. The molecule has 1 saturated heterocycles. The van der Waals surface area contributed by atoms with E-state index in [9.17, 15) is 13.2 Å². The Hall–Kier alpha value is -2.09. The second-order valence-corrected chi connectivity index (χ2v) is 8.85. The molecule has 3 heterocycles. The van der Waals surface area contributed by atoms with Gasteiger partial charge in [-0.2, -0.15) is 5.10 Å². The minimum Gasteiger partial charge on any atom is -0.469 e. The number of amides is 1. The van der Waals surface area contributed by atoms with Gasteiger partial charge in [0.25, 0.3) is 0 Å². The summed E-state index contributed by atoms with van der Waals surface area (Å²) in [5.74, 6) is 1.61. The number of furan rings is 1. The van der Waals surface area contributed by atoms with Crippen LogP contribution in [-0.2, 0) is 14.6 Å². The molecule has 1 aliphatic heterocycles. The first-order valence-corrected chi connectivity index (χ1v) is 9.86. The number of rotatable bonds is 4. The molecule has 1 saturated carbocycles. The third kappa shape index (κ3) is 2.86. The standard InChI is InChI=1S/C16H19N3O4S/c1-10-7-15(19(18-10)11-4-6-24(21,22)9-11)17-16(20)13-8-12(13)14-3-2-5-23-14/h2-3,5,7,11-13H,4,6,8-9H2,1H3,(H,17,20)/t11-,12-,13-/m1/s1. The van der Waals surface area contributed by atoms with Crippen LogP contribution in [-0.4, -0.2) is 35.6 Å². The summed E-state index contributed by atoms with van der Waals surface area (Å²) in [4.78, 5) is 12.5. The molecule has 0 spiro atoms. The zero-order chi connectivity index (χ0) is 16.9. The smallest absolute Gasteiger partial charge is 0.229 e. The molecule has 2 aliphatic rings. The van der Waals surface area contributed by atoms with E-state index in [1.807, 2.05) is 19.1 Å². The Morgan fingerprint density at radius 2 is 2.29 bits per heavy atom. The molecule has 128 valence electrons. The summed E-state index contributed by atoms with van der Waals surface area (Å²) in [5, 5.41) is 7.29. The first-order valence-electron chi connectivity index (χ1n) is 8.04. The lowest BCUT2D eigenvalue weighted by Crippen LogP contribution is -2.20. The molecule has 1 N–H and O–H groups in total. The molecule has 4 rings (SSSR count). The van der Waals surface area contributed by atoms with E-state index in [-0.39, 0.29) is 35.3 Å². The highest BCUT2D eigenvalue weighted by Gasteiger charge is 2.46. The van der Waals surface area contributed by atoms with Crippen molar-refractivity contribution in [2.75, 3.05) is 16.8 Å². The molecule has 2 fully saturated rings. The highest BCUT2D eigenvalue weighted by Crippen LogP contribution is 2.48. The third-order valence-corrected chi connectivity index (χ3v) is 6.45. The average Bonchev–Trinajstić information content (AvgIpc) is 2.86. The maximum Gasteiger partial charge on any atom is 0.229 e. The van der Waals surface area contributed by atoms with E-state index in [1.54, 1.807) is 17.0 Å². The normalized spacial score (nSPS) is 28.0. The van der Waals surface area contributed by atoms with Crippen molar-refractivity contribution in [2.24, 2.45) is 5.92 Å². The molecule has 0 radical (unpaired) electrons. The van der Waals surface area contributed by atoms with Crippen molar-refractivity contribution in [1.29, 1.82) is 0 Å². The summed E-state index contributed by atoms with van der Waals surface area (Å²) >= 11 is 0. The van der Waals surface area contributed by atoms with Gasteiger partial charge in [-0.3, -0.25) is 4.79 Å². The van der Waals surface area contributed by atoms with E-state index in [1.165, 1.54) is 0 Å². The van der Waals surface area contributed by atoms with Crippen LogP contribution in [0.15, 0.2) is 28.9 Å². The molecule has 0 unspecified atom stereocenters. The molecule has 8 heteroatoms. The maximum atomic E-state index is 12.5. The van der Waals surface area contributed by atoms with Crippen LogP contribution in [0.3, 0.4) is 0 Å². The first kappa shape index (κ1) is 15.4. The van der Waals surface area contributed by atoms with Crippen molar-refractivity contribution >= 4 is 21.6 Å². The van der Waals surface area contributed by atoms with Gasteiger partial charge in [0.2, 0.25) is 5.91 Å². The maximum absolute atomic E-state index is 12.5. The van der Waals surface area contributed by atoms with Crippen LogP contribution in [0.25, 0.3) is 0 Å². The number of hydrogen-bond acceptors (Lipinski definition) is 5. The molecule has 24 heavy (non-hydrogen) atoms. The van der Waals surface area contributed by atoms with Crippen LogP contribution in [0.2, 0.25) is 0 Å². The van der Waals surface area contributed by atoms with E-state index in [2.05, 4.69) is 10.4 Å². The molecular weight excluding hydrogens is 330 g/mol. The van der Waals surface area contributed by atoms with Crippen LogP contribution < -0.4 is 5.32 Å². The molecule has 1 aliphatic carbocycles. The number of nitrogens with zero attached hydrogens (tertiary/aromatic N) is 2. The van der Waals surface area contributed by atoms with Gasteiger partial charge in [0.05, 0.1) is 29.5 Å². The van der Waals surface area contributed by atoms with E-state index in [0.29, 0.717) is 12.2 Å². The van der Waals surface area contributed by atoms with Gasteiger partial charge in [0, 0.05) is 17.9 Å². The second kappa shape index (κ2) is 5.47. The number of carbonyl (C=O) groups is 1. The minimum absolute atomic E-state index is 0.0709. The Labute approximate surface area is 139 Å². The highest BCUT2D eigenvalue weighted by atomic mass is 32.2. The van der Waals surface area contributed by atoms with Crippen molar-refractivity contribution in [3.8, 4) is 0 Å². The average molecular weight is 349 g/mol. The number of hydrogen-bond donors (Lipinski definition) is 1. The van der Waals surface area contributed by atoms with E-state index in [0.717, 1.165) is 17.9 Å². The molecule has 1 amide bonds. The van der Waals surface area contributed by atoms with Crippen molar-refractivity contribution in [3.05, 3.63) is 35.9 Å². The Balaban J connectivity index is 1.48. The van der Waals surface area contributed by atoms with Gasteiger partial charge in [-0.05, 0) is 31.9 Å². The number of anilines is 1. The fraction of sp³-hybridized carbons (Fsp3) is 0.500. The fourth-order valence-electron chi connectivity index (χ4n) is 3.38. The van der Waals surface area contributed by atoms with E-state index in [4.69, 9.17) is 4.42 Å². The summed E-state index contributed by atoms with van der Waals surface area (Å²) in [5.41, 5.74) is 0.757. The quantitative estimate of drug-likeness (QED) is 0.909. The van der Waals surface area contributed by atoms with Crippen LogP contribution in [0.4, 0.5) is 5.82 Å². The van der Waals surface area contributed by atoms with Gasteiger partial charge >= 0.3 is 0 Å². The zero-order valence-electron chi connectivity index (χ0n) is 13.3. The predicted octanol–water partition coefficient (Wildman–Crippen LogP) is 1.89. The van der Waals surface area contributed by atoms with Crippen LogP contribution in [0.5, 0.6) is 0 Å². The van der Waals surface area contributed by atoms with Gasteiger partial charge in [-0.1, -0.05) is 0 Å². The summed E-state index contributed by atoms with van der Waals surface area (Å²) in [6.45, 7) is 1.83. The number of carbonyl (C=O) groups excluding carboxylic acids is 1. The predicted molar refractivity (Wildman–Crippen MR) is 87.5 cm³/mol. The van der Waals surface area contributed by atoms with Gasteiger partial charge in [0.15, 0.2) is 9.84 Å². The highest BCUT2D eigenvalue weighted by molar-refractivity contribution is 7.91. The fourth-order valence-corrected chi connectivity index (χ4v) is 5.07. The number of aryl methyl sites for hydroxylation is 1. The molecule has 2 aromatic heterocycles. The SMILES string of the molecule is Cc1cc(NC(=O)[C@@H]2C[C@H]2c2ccco2)n([C@@H]2CCS(=O)(=O)C2)n1. The van der Waals surface area contributed by atoms with Crippen LogP contribution >= 0.6 is 0 Å². The van der Waals surface area contributed by atoms with Gasteiger partial charge in [-0.25, -0.2) is 13.1 Å². The topological polar surface area (TPSA) is 94.2 Å². The largest absolute Gasteiger partial charge is 0.469 e. The van der Waals surface area contributed by atoms with Gasteiger partial charge in [0.1, 0.15) is 11.6 Å². The Morgan fingerprint density at radius 3 is 2.96 bits per heavy atom. The summed E-state index contributed by atoms with van der Waals surface area (Å²) < 4.78 is 30.4. The molecule has 0 bridgehead atoms. The van der Waals surface area contributed by atoms with Crippen LogP contribution in [0, 0.1) is 12.8 Å². The Bertz CT molecular complexity index is 869. The van der Waals surface area contributed by atoms with Crippen molar-refractivity contribution in [1.82, 2.24) is 9.78 Å². The Kier molecular flexibility index (Phi) is 3.52. The first-order chi connectivity index (χ1) is 11.4. The summed E-state index contributed by atoms with van der Waals surface area (Å²) in [7, 11) is -3.01. The van der Waals surface area contributed by atoms with E-state index < -0.39 is 9.84 Å². The Morgan fingerprint density at radius 1 is 1.46 bits per heavy atom. The number of aromatic nitrogens is 2. The molecule has 3 atom stereocenters. The molecule has 2 aromatic rings. The van der Waals surface area contributed by atoms with Crippen molar-refractivity contribution < 1.29 is 17.6 Å². The lowest BCUT2D eigenvalue weighted by molar-refractivity contribution is -0.117. The number of nitrogens with one attached hydrogen (secondary N) is 1. The van der Waals surface area contributed by atoms with Gasteiger partial charge < -0.3 is 9.73 Å². The zero-order valence-corrected chi connectivity index (χ0v) is 14.1. The van der Waals surface area contributed by atoms with Crippen molar-refractivity contribution in [3.63, 3.8) is 0 Å². The van der Waals surface area contributed by atoms with Crippen molar-refractivity contribution in [2.45, 2.75) is 31.7 Å². The molecule has 7 nitrogen and oxygen atoms in total. The lowest BCUT2D eigenvalue weighted by atomic mass is 10.2. The summed E-state index contributed by atoms with van der Waals surface area (Å²) in [6.07, 6.45) is 2.91. The monoisotopic (exact) mass is 349 g/mol. The molecule has 0 aromatic carbocycles. The van der Waals surface area contributed by atoms with E-state index >= 15 is 0 Å². The van der Waals surface area contributed by atoms with Crippen LogP contribution in [0.1, 0.15) is 36.3 Å². The third-order valence-electron chi connectivity index (χ3n) is 4.70.